The summed E-state index contributed by atoms with van der Waals surface area (Å²) in [6.07, 6.45) is 5.56. The van der Waals surface area contributed by atoms with Crippen LogP contribution in [-0.4, -0.2) is 25.6 Å². The highest BCUT2D eigenvalue weighted by Crippen LogP contribution is 2.39. The Morgan fingerprint density at radius 2 is 2.16 bits per heavy atom. The van der Waals surface area contributed by atoms with Gasteiger partial charge in [-0.25, -0.2) is 4.98 Å². The Kier molecular flexibility index (Phi) is 3.83. The molecule has 3 aromatic rings. The number of benzene rings is 1. The van der Waals surface area contributed by atoms with E-state index in [-0.39, 0.29) is 12.5 Å². The first-order valence-corrected chi connectivity index (χ1v) is 8.31. The van der Waals surface area contributed by atoms with Crippen molar-refractivity contribution in [1.82, 2.24) is 19.7 Å². The van der Waals surface area contributed by atoms with E-state index in [2.05, 4.69) is 20.4 Å². The predicted octanol–water partition coefficient (Wildman–Crippen LogP) is 3.07. The average molecular weight is 337 g/mol. The summed E-state index contributed by atoms with van der Waals surface area (Å²) >= 11 is 0. The molecule has 4 rings (SSSR count). The minimum absolute atomic E-state index is 0.112. The normalized spacial score (nSPS) is 13.8. The van der Waals surface area contributed by atoms with Gasteiger partial charge in [-0.1, -0.05) is 11.2 Å². The van der Waals surface area contributed by atoms with Crippen LogP contribution in [-0.2, 0) is 11.3 Å². The first-order valence-electron chi connectivity index (χ1n) is 8.31. The Balaban J connectivity index is 1.41. The van der Waals surface area contributed by atoms with Crippen LogP contribution in [0.2, 0.25) is 0 Å². The van der Waals surface area contributed by atoms with Gasteiger partial charge in [-0.05, 0) is 49.9 Å². The maximum absolute atomic E-state index is 12.2. The van der Waals surface area contributed by atoms with Crippen molar-refractivity contribution in [3.8, 4) is 11.5 Å². The van der Waals surface area contributed by atoms with E-state index in [0.717, 1.165) is 24.1 Å². The maximum Gasteiger partial charge on any atom is 0.244 e. The highest BCUT2D eigenvalue weighted by atomic mass is 16.5. The van der Waals surface area contributed by atoms with Gasteiger partial charge < -0.3 is 14.4 Å². The summed E-state index contributed by atoms with van der Waals surface area (Å²) in [7, 11) is 0. The van der Waals surface area contributed by atoms with Gasteiger partial charge in [0.15, 0.2) is 0 Å². The number of hydrogen-bond donors (Lipinski definition) is 1. The van der Waals surface area contributed by atoms with E-state index in [0.29, 0.717) is 23.3 Å². The van der Waals surface area contributed by atoms with Crippen LogP contribution in [0, 0.1) is 13.8 Å². The first kappa shape index (κ1) is 15.6. The highest BCUT2D eigenvalue weighted by molar-refractivity contribution is 5.90. The number of amides is 1. The van der Waals surface area contributed by atoms with Crippen LogP contribution in [0.4, 0.5) is 5.69 Å². The van der Waals surface area contributed by atoms with Gasteiger partial charge in [-0.3, -0.25) is 4.79 Å². The number of nitrogens with zero attached hydrogens (tertiary/aromatic N) is 4. The number of aryl methyl sites for hydroxylation is 2. The van der Waals surface area contributed by atoms with Crippen molar-refractivity contribution in [2.45, 2.75) is 39.2 Å². The van der Waals surface area contributed by atoms with E-state index in [4.69, 9.17) is 4.52 Å². The van der Waals surface area contributed by atoms with Gasteiger partial charge in [0.05, 0.1) is 6.33 Å². The quantitative estimate of drug-likeness (QED) is 0.773. The van der Waals surface area contributed by atoms with E-state index in [1.54, 1.807) is 17.1 Å². The van der Waals surface area contributed by atoms with Crippen LogP contribution in [0.25, 0.3) is 11.5 Å². The van der Waals surface area contributed by atoms with E-state index in [1.165, 1.54) is 5.56 Å². The van der Waals surface area contributed by atoms with Crippen molar-refractivity contribution in [2.24, 2.45) is 0 Å². The summed E-state index contributed by atoms with van der Waals surface area (Å²) in [6, 6.07) is 5.86. The van der Waals surface area contributed by atoms with Crippen LogP contribution in [0.3, 0.4) is 0 Å². The molecule has 0 spiro atoms. The lowest BCUT2D eigenvalue weighted by atomic mass is 10.1. The standard InChI is InChI=1S/C18H19N5O2/c1-11-3-6-14(7-12(11)2)20-16(24)9-23-8-15(19-10-23)17-21-18(25-22-17)13-4-5-13/h3,6-8,10,13H,4-5,9H2,1-2H3,(H,20,24). The third-order valence-corrected chi connectivity index (χ3v) is 4.35. The Hall–Kier alpha value is -2.96. The monoisotopic (exact) mass is 337 g/mol. The molecule has 7 heteroatoms. The van der Waals surface area contributed by atoms with Gasteiger partial charge in [-0.15, -0.1) is 0 Å². The minimum atomic E-state index is -0.112. The van der Waals surface area contributed by atoms with Gasteiger partial charge in [0.2, 0.25) is 17.6 Å². The minimum Gasteiger partial charge on any atom is -0.339 e. The largest absolute Gasteiger partial charge is 0.339 e. The fraction of sp³-hybridized carbons (Fsp3) is 0.333. The molecule has 1 aliphatic rings. The Labute approximate surface area is 145 Å². The molecule has 1 amide bonds. The second-order valence-corrected chi connectivity index (χ2v) is 6.51. The molecule has 1 N–H and O–H groups in total. The summed E-state index contributed by atoms with van der Waals surface area (Å²) in [5.41, 5.74) is 3.74. The second-order valence-electron chi connectivity index (χ2n) is 6.51. The molecule has 1 aliphatic carbocycles. The molecule has 0 saturated heterocycles. The Bertz CT molecular complexity index is 923. The number of rotatable bonds is 5. The zero-order valence-corrected chi connectivity index (χ0v) is 14.2. The lowest BCUT2D eigenvalue weighted by molar-refractivity contribution is -0.116. The van der Waals surface area contributed by atoms with Crippen LogP contribution >= 0.6 is 0 Å². The molecule has 1 fully saturated rings. The molecule has 2 aromatic heterocycles. The molecule has 1 saturated carbocycles. The van der Waals surface area contributed by atoms with E-state index < -0.39 is 0 Å². The number of nitrogens with one attached hydrogen (secondary N) is 1. The SMILES string of the molecule is Cc1ccc(NC(=O)Cn2cnc(-c3noc(C4CC4)n3)c2)cc1C. The fourth-order valence-electron chi connectivity index (χ4n) is 2.58. The summed E-state index contributed by atoms with van der Waals surface area (Å²) in [6.45, 7) is 4.24. The Morgan fingerprint density at radius 1 is 1.32 bits per heavy atom. The van der Waals surface area contributed by atoms with Gasteiger partial charge >= 0.3 is 0 Å². The highest BCUT2D eigenvalue weighted by Gasteiger charge is 2.30. The number of carbonyl (C=O) groups is 1. The van der Waals surface area contributed by atoms with Crippen LogP contribution in [0.1, 0.15) is 35.8 Å². The molecular formula is C18H19N5O2. The molecule has 25 heavy (non-hydrogen) atoms. The van der Waals surface area contributed by atoms with Crippen molar-refractivity contribution in [2.75, 3.05) is 5.32 Å². The molecule has 0 aliphatic heterocycles. The van der Waals surface area contributed by atoms with E-state index in [1.807, 2.05) is 32.0 Å². The summed E-state index contributed by atoms with van der Waals surface area (Å²) in [5, 5.41) is 6.86. The van der Waals surface area contributed by atoms with Crippen molar-refractivity contribution in [1.29, 1.82) is 0 Å². The molecule has 0 radical (unpaired) electrons. The smallest absolute Gasteiger partial charge is 0.244 e. The van der Waals surface area contributed by atoms with E-state index in [9.17, 15) is 4.79 Å². The zero-order valence-electron chi connectivity index (χ0n) is 14.2. The van der Waals surface area contributed by atoms with Gasteiger partial charge in [-0.2, -0.15) is 4.98 Å². The molecule has 0 atom stereocenters. The third kappa shape index (κ3) is 3.45. The molecule has 2 heterocycles. The number of carbonyl (C=O) groups excluding carboxylic acids is 1. The molecule has 7 nitrogen and oxygen atoms in total. The predicted molar refractivity (Wildman–Crippen MR) is 92.0 cm³/mol. The van der Waals surface area contributed by atoms with Crippen LogP contribution in [0.15, 0.2) is 35.2 Å². The lowest BCUT2D eigenvalue weighted by Gasteiger charge is -2.08. The van der Waals surface area contributed by atoms with Gasteiger partial charge in [0.25, 0.3) is 0 Å². The number of hydrogen-bond acceptors (Lipinski definition) is 5. The lowest BCUT2D eigenvalue weighted by Crippen LogP contribution is -2.17. The molecule has 1 aromatic carbocycles. The Morgan fingerprint density at radius 3 is 2.92 bits per heavy atom. The summed E-state index contributed by atoms with van der Waals surface area (Å²) in [4.78, 5) is 20.8. The van der Waals surface area contributed by atoms with E-state index >= 15 is 0 Å². The molecule has 128 valence electrons. The average Bonchev–Trinajstić information content (AvgIpc) is 3.13. The summed E-state index contributed by atoms with van der Waals surface area (Å²) in [5.74, 6) is 1.44. The van der Waals surface area contributed by atoms with Gasteiger partial charge in [0, 0.05) is 17.8 Å². The fourth-order valence-corrected chi connectivity index (χ4v) is 2.58. The maximum atomic E-state index is 12.2. The first-order chi connectivity index (χ1) is 12.1. The second kappa shape index (κ2) is 6.16. The van der Waals surface area contributed by atoms with Gasteiger partial charge in [0.1, 0.15) is 12.2 Å². The molecule has 0 bridgehead atoms. The van der Waals surface area contributed by atoms with Crippen LogP contribution < -0.4 is 5.32 Å². The topological polar surface area (TPSA) is 85.8 Å². The molecular weight excluding hydrogens is 318 g/mol. The molecule has 0 unspecified atom stereocenters. The van der Waals surface area contributed by atoms with Crippen LogP contribution in [0.5, 0.6) is 0 Å². The number of aromatic nitrogens is 4. The van der Waals surface area contributed by atoms with Crippen molar-refractivity contribution < 1.29 is 9.32 Å². The third-order valence-electron chi connectivity index (χ3n) is 4.35. The van der Waals surface area contributed by atoms with Crippen molar-refractivity contribution in [3.05, 3.63) is 47.7 Å². The van der Waals surface area contributed by atoms with Crippen molar-refractivity contribution >= 4 is 11.6 Å². The van der Waals surface area contributed by atoms with Crippen molar-refractivity contribution in [3.63, 3.8) is 0 Å². The zero-order chi connectivity index (χ0) is 17.4. The number of anilines is 1. The number of imidazole rings is 1. The summed E-state index contributed by atoms with van der Waals surface area (Å²) < 4.78 is 6.95.